The molecule has 2 unspecified atom stereocenters. The van der Waals surface area contributed by atoms with Crippen molar-refractivity contribution in [3.05, 3.63) is 77.1 Å². The number of ketones is 1. The summed E-state index contributed by atoms with van der Waals surface area (Å²) >= 11 is 0. The van der Waals surface area contributed by atoms with Gasteiger partial charge in [0.2, 0.25) is 5.78 Å². The van der Waals surface area contributed by atoms with Crippen LogP contribution in [0.15, 0.2) is 65.9 Å². The summed E-state index contributed by atoms with van der Waals surface area (Å²) in [7, 11) is 0. The van der Waals surface area contributed by atoms with Crippen molar-refractivity contribution in [1.82, 2.24) is 0 Å². The van der Waals surface area contributed by atoms with Crippen LogP contribution in [0, 0.1) is 5.92 Å². The first kappa shape index (κ1) is 20.6. The normalized spacial score (nSPS) is 19.0. The second-order valence-electron chi connectivity index (χ2n) is 7.36. The van der Waals surface area contributed by atoms with Crippen LogP contribution in [0.5, 0.6) is 5.75 Å². The maximum Gasteiger partial charge on any atom is 0.339 e. The van der Waals surface area contributed by atoms with Gasteiger partial charge in [-0.25, -0.2) is 4.79 Å². The molecule has 1 aliphatic heterocycles. The summed E-state index contributed by atoms with van der Waals surface area (Å²) in [4.78, 5) is 25.8. The molecule has 0 saturated heterocycles. The lowest BCUT2D eigenvalue weighted by molar-refractivity contribution is -0.158. The Hall–Kier alpha value is -3.08. The van der Waals surface area contributed by atoms with E-state index in [1.807, 2.05) is 44.2 Å². The van der Waals surface area contributed by atoms with Crippen molar-refractivity contribution in [3.63, 3.8) is 0 Å². The average Bonchev–Trinajstić information content (AvgIpc) is 2.74. The Labute approximate surface area is 170 Å². The largest absolute Gasteiger partial charge is 0.508 e. The number of cyclic esters (lactones) is 1. The van der Waals surface area contributed by atoms with Gasteiger partial charge in [-0.1, -0.05) is 56.3 Å². The molecule has 3 atom stereocenters. The Morgan fingerprint density at radius 2 is 1.59 bits per heavy atom. The second-order valence-corrected chi connectivity index (χ2v) is 7.36. The highest BCUT2D eigenvalue weighted by Gasteiger charge is 2.42. The highest BCUT2D eigenvalue weighted by Crippen LogP contribution is 2.35. The maximum absolute atomic E-state index is 13.0. The van der Waals surface area contributed by atoms with Crippen LogP contribution in [-0.2, 0) is 20.7 Å². The molecule has 0 bridgehead atoms. The van der Waals surface area contributed by atoms with E-state index in [1.54, 1.807) is 24.3 Å². The Morgan fingerprint density at radius 1 is 0.931 bits per heavy atom. The summed E-state index contributed by atoms with van der Waals surface area (Å²) < 4.78 is 5.58. The molecule has 0 aliphatic carbocycles. The number of carbonyl (C=O) groups excluding carboxylic acids is 2. The minimum absolute atomic E-state index is 0.0411. The van der Waals surface area contributed by atoms with Gasteiger partial charge in [0.15, 0.2) is 11.9 Å². The van der Waals surface area contributed by atoms with Crippen LogP contribution in [-0.4, -0.2) is 28.1 Å². The lowest BCUT2D eigenvalue weighted by Crippen LogP contribution is -2.42. The van der Waals surface area contributed by atoms with Gasteiger partial charge in [0.05, 0.1) is 5.57 Å². The fraction of sp³-hybridized carbons (Fsp3) is 0.333. The monoisotopic (exact) mass is 394 g/mol. The highest BCUT2D eigenvalue weighted by atomic mass is 16.6. The lowest BCUT2D eigenvalue weighted by Gasteiger charge is -2.31. The Kier molecular flexibility index (Phi) is 6.37. The zero-order chi connectivity index (χ0) is 21.0. The molecule has 2 aromatic carbocycles. The molecule has 0 fully saturated rings. The molecule has 5 heteroatoms. The summed E-state index contributed by atoms with van der Waals surface area (Å²) in [6.45, 7) is 3.82. The van der Waals surface area contributed by atoms with Crippen LogP contribution in [0.2, 0.25) is 0 Å². The Morgan fingerprint density at radius 3 is 2.17 bits per heavy atom. The van der Waals surface area contributed by atoms with Gasteiger partial charge in [-0.2, -0.15) is 0 Å². The molecule has 0 radical (unpaired) electrons. The SMILES string of the molecule is CCC(C1=C(O)C(=O)[C@@H](C(CC)Cc2ccc(O)cc2)OC1=O)c1ccccc1. The number of Topliss-reactive ketones (excluding diaryl/α,β-unsaturated/α-hetero) is 1. The van der Waals surface area contributed by atoms with Crippen LogP contribution in [0.1, 0.15) is 43.7 Å². The predicted octanol–water partition coefficient (Wildman–Crippen LogP) is 4.46. The summed E-state index contributed by atoms with van der Waals surface area (Å²) in [6, 6.07) is 16.1. The predicted molar refractivity (Wildman–Crippen MR) is 110 cm³/mol. The fourth-order valence-electron chi connectivity index (χ4n) is 3.91. The molecular formula is C24H26O5. The average molecular weight is 394 g/mol. The third-order valence-electron chi connectivity index (χ3n) is 5.55. The standard InChI is InChI=1S/C24H26O5/c1-3-16(14-15-10-12-18(25)13-11-15)23-22(27)21(26)20(24(28)29-23)19(4-2)17-8-6-5-7-9-17/h5-13,16,19,23,25-26H,3-4,14H2,1-2H3/t16?,19?,23-/m1/s1. The van der Waals surface area contributed by atoms with Crippen molar-refractivity contribution >= 4 is 11.8 Å². The summed E-state index contributed by atoms with van der Waals surface area (Å²) in [5, 5.41) is 20.1. The number of carbonyl (C=O) groups is 2. The number of hydrogen-bond donors (Lipinski definition) is 2. The minimum Gasteiger partial charge on any atom is -0.508 e. The van der Waals surface area contributed by atoms with Gasteiger partial charge < -0.3 is 14.9 Å². The first-order valence-corrected chi connectivity index (χ1v) is 9.97. The number of rotatable bonds is 7. The number of aliphatic hydroxyl groups excluding tert-OH is 1. The zero-order valence-electron chi connectivity index (χ0n) is 16.7. The Bertz CT molecular complexity index is 899. The molecule has 0 saturated carbocycles. The van der Waals surface area contributed by atoms with Crippen molar-refractivity contribution < 1.29 is 24.5 Å². The quantitative estimate of drug-likeness (QED) is 0.678. The summed E-state index contributed by atoms with van der Waals surface area (Å²) in [5.41, 5.74) is 1.82. The van der Waals surface area contributed by atoms with E-state index in [0.29, 0.717) is 19.3 Å². The number of hydrogen-bond acceptors (Lipinski definition) is 5. The van der Waals surface area contributed by atoms with Crippen LogP contribution < -0.4 is 0 Å². The molecule has 152 valence electrons. The van der Waals surface area contributed by atoms with Gasteiger partial charge in [0, 0.05) is 11.8 Å². The number of phenolic OH excluding ortho intramolecular Hbond substituents is 1. The molecule has 5 nitrogen and oxygen atoms in total. The van der Waals surface area contributed by atoms with Crippen molar-refractivity contribution in [1.29, 1.82) is 0 Å². The molecule has 2 N–H and O–H groups in total. The van der Waals surface area contributed by atoms with E-state index in [4.69, 9.17) is 4.74 Å². The van der Waals surface area contributed by atoms with E-state index in [1.165, 1.54) is 0 Å². The van der Waals surface area contributed by atoms with E-state index in [0.717, 1.165) is 11.1 Å². The van der Waals surface area contributed by atoms with Crippen molar-refractivity contribution in [2.45, 2.75) is 45.1 Å². The lowest BCUT2D eigenvalue weighted by atomic mass is 9.82. The third-order valence-corrected chi connectivity index (χ3v) is 5.55. The number of aliphatic hydroxyl groups is 1. The molecule has 3 rings (SSSR count). The van der Waals surface area contributed by atoms with Gasteiger partial charge >= 0.3 is 5.97 Å². The van der Waals surface area contributed by atoms with E-state index in [2.05, 4.69) is 0 Å². The molecule has 29 heavy (non-hydrogen) atoms. The third kappa shape index (κ3) is 4.34. The van der Waals surface area contributed by atoms with Crippen LogP contribution in [0.4, 0.5) is 0 Å². The van der Waals surface area contributed by atoms with Gasteiger partial charge in [-0.3, -0.25) is 4.79 Å². The van der Waals surface area contributed by atoms with Gasteiger partial charge in [0.1, 0.15) is 5.75 Å². The van der Waals surface area contributed by atoms with Crippen LogP contribution >= 0.6 is 0 Å². The highest BCUT2D eigenvalue weighted by molar-refractivity contribution is 6.09. The minimum atomic E-state index is -1.02. The second kappa shape index (κ2) is 8.95. The summed E-state index contributed by atoms with van der Waals surface area (Å²) in [6.07, 6.45) is 0.641. The van der Waals surface area contributed by atoms with Gasteiger partial charge in [0.25, 0.3) is 0 Å². The maximum atomic E-state index is 13.0. The van der Waals surface area contributed by atoms with Crippen molar-refractivity contribution in [2.75, 3.05) is 0 Å². The molecule has 2 aromatic rings. The zero-order valence-corrected chi connectivity index (χ0v) is 16.7. The van der Waals surface area contributed by atoms with Crippen LogP contribution in [0.25, 0.3) is 0 Å². The smallest absolute Gasteiger partial charge is 0.339 e. The molecule has 0 spiro atoms. The number of benzene rings is 2. The van der Waals surface area contributed by atoms with Crippen molar-refractivity contribution in [2.24, 2.45) is 5.92 Å². The van der Waals surface area contributed by atoms with E-state index < -0.39 is 29.5 Å². The van der Waals surface area contributed by atoms with E-state index >= 15 is 0 Å². The topological polar surface area (TPSA) is 83.8 Å². The number of aromatic hydroxyl groups is 1. The van der Waals surface area contributed by atoms with Crippen molar-refractivity contribution in [3.8, 4) is 5.75 Å². The molecule has 0 aromatic heterocycles. The number of esters is 1. The Balaban J connectivity index is 1.88. The number of phenols is 1. The van der Waals surface area contributed by atoms with Gasteiger partial charge in [-0.05, 0) is 42.5 Å². The van der Waals surface area contributed by atoms with E-state index in [-0.39, 0.29) is 17.2 Å². The van der Waals surface area contributed by atoms with Gasteiger partial charge in [-0.15, -0.1) is 0 Å². The first-order chi connectivity index (χ1) is 14.0. The van der Waals surface area contributed by atoms with E-state index in [9.17, 15) is 19.8 Å². The van der Waals surface area contributed by atoms with Crippen LogP contribution in [0.3, 0.4) is 0 Å². The molecule has 1 aliphatic rings. The number of ether oxygens (including phenoxy) is 1. The molecular weight excluding hydrogens is 368 g/mol. The molecule has 0 amide bonds. The molecule has 1 heterocycles. The fourth-order valence-corrected chi connectivity index (χ4v) is 3.91. The summed E-state index contributed by atoms with van der Waals surface area (Å²) in [5.74, 6) is -2.15. The first-order valence-electron chi connectivity index (χ1n) is 9.97.